The number of carbonyl (C=O) groups is 1. The highest BCUT2D eigenvalue weighted by atomic mass is 16.4. The van der Waals surface area contributed by atoms with E-state index in [0.29, 0.717) is 12.3 Å². The fraction of sp³-hybridized carbons (Fsp3) is 0.364. The van der Waals surface area contributed by atoms with Crippen LogP contribution < -0.4 is 5.32 Å². The molecule has 0 spiro atoms. The van der Waals surface area contributed by atoms with Crippen molar-refractivity contribution in [3.63, 3.8) is 0 Å². The van der Waals surface area contributed by atoms with Crippen molar-refractivity contribution >= 4 is 5.97 Å². The van der Waals surface area contributed by atoms with Crippen molar-refractivity contribution in [1.29, 1.82) is 0 Å². The highest BCUT2D eigenvalue weighted by Gasteiger charge is 2.12. The van der Waals surface area contributed by atoms with Crippen LogP contribution in [0.1, 0.15) is 34.9 Å². The van der Waals surface area contributed by atoms with Crippen LogP contribution in [0.2, 0.25) is 0 Å². The van der Waals surface area contributed by atoms with Gasteiger partial charge in [-0.3, -0.25) is 0 Å². The summed E-state index contributed by atoms with van der Waals surface area (Å²) in [5.74, 6) is 0.382. The summed E-state index contributed by atoms with van der Waals surface area (Å²) in [4.78, 5) is 10.7. The molecule has 96 valence electrons. The van der Waals surface area contributed by atoms with Crippen molar-refractivity contribution in [2.24, 2.45) is 7.05 Å². The van der Waals surface area contributed by atoms with E-state index in [9.17, 15) is 4.79 Å². The van der Waals surface area contributed by atoms with Crippen LogP contribution in [0.15, 0.2) is 23.1 Å². The molecule has 2 aromatic heterocycles. The number of furan rings is 1. The number of carboxylic acids is 1. The summed E-state index contributed by atoms with van der Waals surface area (Å²) in [7, 11) is 1.86. The minimum absolute atomic E-state index is 0.00382. The average molecular weight is 250 g/mol. The monoisotopic (exact) mass is 250 g/mol. The largest absolute Gasteiger partial charge is 0.478 e. The van der Waals surface area contributed by atoms with Crippen LogP contribution in [-0.4, -0.2) is 25.8 Å². The first-order chi connectivity index (χ1) is 8.58. The zero-order chi connectivity index (χ0) is 13.1. The normalized spacial score (nSPS) is 12.6. The molecule has 0 amide bonds. The summed E-state index contributed by atoms with van der Waals surface area (Å²) in [6.45, 7) is 2.38. The Morgan fingerprint density at radius 1 is 1.67 bits per heavy atom. The molecule has 0 saturated heterocycles. The van der Waals surface area contributed by atoms with Gasteiger partial charge in [-0.25, -0.2) is 4.79 Å². The van der Waals surface area contributed by atoms with E-state index in [0.717, 1.165) is 5.82 Å². The molecule has 18 heavy (non-hydrogen) atoms. The van der Waals surface area contributed by atoms with Gasteiger partial charge in [0.15, 0.2) is 0 Å². The van der Waals surface area contributed by atoms with E-state index in [4.69, 9.17) is 9.52 Å². The number of hydrogen-bond acceptors (Lipinski definition) is 5. The van der Waals surface area contributed by atoms with Gasteiger partial charge in [-0.05, 0) is 13.0 Å². The number of aromatic nitrogens is 3. The van der Waals surface area contributed by atoms with E-state index >= 15 is 0 Å². The van der Waals surface area contributed by atoms with Crippen molar-refractivity contribution < 1.29 is 14.3 Å². The van der Waals surface area contributed by atoms with Gasteiger partial charge < -0.3 is 19.4 Å². The number of nitrogens with zero attached hydrogens (tertiary/aromatic N) is 3. The molecule has 0 fully saturated rings. The first kappa shape index (κ1) is 12.3. The molecule has 0 saturated carbocycles. The van der Waals surface area contributed by atoms with Gasteiger partial charge in [-0.1, -0.05) is 0 Å². The van der Waals surface area contributed by atoms with Gasteiger partial charge in [-0.2, -0.15) is 0 Å². The van der Waals surface area contributed by atoms with Crippen LogP contribution >= 0.6 is 0 Å². The molecule has 0 aromatic carbocycles. The summed E-state index contributed by atoms with van der Waals surface area (Å²) in [5, 5.41) is 19.7. The van der Waals surface area contributed by atoms with Crippen LogP contribution in [-0.2, 0) is 13.6 Å². The van der Waals surface area contributed by atoms with E-state index in [-0.39, 0.29) is 11.6 Å². The van der Waals surface area contributed by atoms with Crippen molar-refractivity contribution in [3.8, 4) is 0 Å². The van der Waals surface area contributed by atoms with Gasteiger partial charge >= 0.3 is 5.97 Å². The third-order valence-electron chi connectivity index (χ3n) is 2.62. The van der Waals surface area contributed by atoms with Crippen LogP contribution in [0.25, 0.3) is 0 Å². The van der Waals surface area contributed by atoms with Gasteiger partial charge in [-0.15, -0.1) is 10.2 Å². The number of nitrogens with one attached hydrogen (secondary N) is 1. The summed E-state index contributed by atoms with van der Waals surface area (Å²) in [6, 6.07) is 1.49. The maximum absolute atomic E-state index is 10.7. The van der Waals surface area contributed by atoms with E-state index in [1.54, 1.807) is 6.33 Å². The topological polar surface area (TPSA) is 93.2 Å². The maximum Gasteiger partial charge on any atom is 0.338 e. The van der Waals surface area contributed by atoms with Crippen molar-refractivity contribution in [3.05, 3.63) is 35.8 Å². The smallest absolute Gasteiger partial charge is 0.338 e. The third kappa shape index (κ3) is 2.57. The number of carboxylic acid groups (broad SMARTS) is 1. The third-order valence-corrected chi connectivity index (χ3v) is 2.62. The predicted molar refractivity (Wildman–Crippen MR) is 61.9 cm³/mol. The van der Waals surface area contributed by atoms with E-state index in [2.05, 4.69) is 15.5 Å². The second-order valence-corrected chi connectivity index (χ2v) is 4.01. The average Bonchev–Trinajstić information content (AvgIpc) is 2.94. The van der Waals surface area contributed by atoms with Crippen LogP contribution in [0.4, 0.5) is 0 Å². The van der Waals surface area contributed by atoms with Gasteiger partial charge in [0.1, 0.15) is 24.2 Å². The molecular formula is C11H14N4O3. The fourth-order valence-corrected chi connectivity index (χ4v) is 1.61. The molecular weight excluding hydrogens is 236 g/mol. The lowest BCUT2D eigenvalue weighted by Gasteiger charge is -2.11. The number of rotatable bonds is 5. The van der Waals surface area contributed by atoms with Crippen LogP contribution in [0, 0.1) is 0 Å². The molecule has 0 radical (unpaired) electrons. The van der Waals surface area contributed by atoms with E-state index < -0.39 is 5.97 Å². The first-order valence-corrected chi connectivity index (χ1v) is 5.46. The number of aromatic carboxylic acids is 1. The van der Waals surface area contributed by atoms with Crippen molar-refractivity contribution in [2.75, 3.05) is 0 Å². The molecule has 2 rings (SSSR count). The maximum atomic E-state index is 10.7. The van der Waals surface area contributed by atoms with Crippen molar-refractivity contribution in [2.45, 2.75) is 19.5 Å². The molecule has 2 aromatic rings. The van der Waals surface area contributed by atoms with Gasteiger partial charge in [0.05, 0.1) is 18.2 Å². The lowest BCUT2D eigenvalue weighted by atomic mass is 10.3. The molecule has 1 unspecified atom stereocenters. The number of aryl methyl sites for hydroxylation is 1. The van der Waals surface area contributed by atoms with Gasteiger partial charge in [0, 0.05) is 7.05 Å². The lowest BCUT2D eigenvalue weighted by Crippen LogP contribution is -2.20. The molecule has 1 atom stereocenters. The van der Waals surface area contributed by atoms with Crippen LogP contribution in [0.5, 0.6) is 0 Å². The Balaban J connectivity index is 1.95. The molecule has 2 N–H and O–H groups in total. The molecule has 0 aliphatic carbocycles. The zero-order valence-corrected chi connectivity index (χ0v) is 10.1. The fourth-order valence-electron chi connectivity index (χ4n) is 1.61. The van der Waals surface area contributed by atoms with Gasteiger partial charge in [0.25, 0.3) is 0 Å². The quantitative estimate of drug-likeness (QED) is 0.820. The molecule has 0 bridgehead atoms. The Labute approximate surface area is 103 Å². The van der Waals surface area contributed by atoms with E-state index in [1.165, 1.54) is 12.3 Å². The van der Waals surface area contributed by atoms with E-state index in [1.807, 2.05) is 18.5 Å². The summed E-state index contributed by atoms with van der Waals surface area (Å²) >= 11 is 0. The Morgan fingerprint density at radius 3 is 3.00 bits per heavy atom. The standard InChI is InChI=1S/C11H14N4O3/c1-7(10-14-13-6-15(10)2)12-4-9-3-8(5-18-9)11(16)17/h3,5-7,12H,4H2,1-2H3,(H,16,17). The highest BCUT2D eigenvalue weighted by Crippen LogP contribution is 2.11. The Morgan fingerprint density at radius 2 is 2.44 bits per heavy atom. The Kier molecular flexibility index (Phi) is 3.42. The Hall–Kier alpha value is -2.15. The minimum Gasteiger partial charge on any atom is -0.478 e. The highest BCUT2D eigenvalue weighted by molar-refractivity contribution is 5.87. The first-order valence-electron chi connectivity index (χ1n) is 5.46. The molecule has 0 aliphatic rings. The van der Waals surface area contributed by atoms with Gasteiger partial charge in [0.2, 0.25) is 0 Å². The van der Waals surface area contributed by atoms with Crippen LogP contribution in [0.3, 0.4) is 0 Å². The SMILES string of the molecule is CC(NCc1cc(C(=O)O)co1)c1nncn1C. The lowest BCUT2D eigenvalue weighted by molar-refractivity contribution is 0.0696. The molecule has 7 heteroatoms. The summed E-state index contributed by atoms with van der Waals surface area (Å²) in [5.41, 5.74) is 0.151. The Bertz CT molecular complexity index is 546. The second-order valence-electron chi connectivity index (χ2n) is 4.01. The number of hydrogen-bond donors (Lipinski definition) is 2. The zero-order valence-electron chi connectivity index (χ0n) is 10.1. The second kappa shape index (κ2) is 5.01. The minimum atomic E-state index is -0.994. The predicted octanol–water partition coefficient (Wildman–Crippen LogP) is 0.957. The van der Waals surface area contributed by atoms with Crippen molar-refractivity contribution in [1.82, 2.24) is 20.1 Å². The molecule has 2 heterocycles. The summed E-state index contributed by atoms with van der Waals surface area (Å²) in [6.07, 6.45) is 2.86. The molecule has 0 aliphatic heterocycles. The summed E-state index contributed by atoms with van der Waals surface area (Å²) < 4.78 is 6.96. The molecule has 7 nitrogen and oxygen atoms in total.